The third-order valence-electron chi connectivity index (χ3n) is 8.54. The van der Waals surface area contributed by atoms with Crippen LogP contribution in [-0.2, 0) is 4.79 Å². The first-order valence-electron chi connectivity index (χ1n) is 14.0. The molecule has 7 rings (SSSR count). The van der Waals surface area contributed by atoms with Crippen LogP contribution in [0.5, 0.6) is 0 Å². The van der Waals surface area contributed by atoms with Gasteiger partial charge in [0, 0.05) is 61.1 Å². The summed E-state index contributed by atoms with van der Waals surface area (Å²) in [4.78, 5) is 34.9. The molecule has 13 heteroatoms. The minimum Gasteiger partial charge on any atom is -0.387 e. The minimum absolute atomic E-state index is 0.0178. The van der Waals surface area contributed by atoms with Crippen molar-refractivity contribution >= 4 is 34.7 Å². The molecule has 5 heterocycles. The Balaban J connectivity index is 1.05. The number of benzene rings is 2. The van der Waals surface area contributed by atoms with Crippen molar-refractivity contribution in [3.63, 3.8) is 0 Å². The van der Waals surface area contributed by atoms with Crippen molar-refractivity contribution in [2.75, 3.05) is 54.4 Å². The van der Waals surface area contributed by atoms with Crippen molar-refractivity contribution in [3.8, 4) is 0 Å². The molecular weight excluding hydrogens is 563 g/mol. The number of nitrogens with one attached hydrogen (secondary N) is 1. The third kappa shape index (κ3) is 4.83. The molecular formula is C30H28F3N7O3. The van der Waals surface area contributed by atoms with E-state index in [1.165, 1.54) is 10.7 Å². The van der Waals surface area contributed by atoms with Crippen LogP contribution in [0, 0.1) is 17.0 Å². The zero-order valence-corrected chi connectivity index (χ0v) is 23.0. The van der Waals surface area contributed by atoms with E-state index in [0.717, 1.165) is 37.0 Å². The van der Waals surface area contributed by atoms with E-state index in [2.05, 4.69) is 20.3 Å². The van der Waals surface area contributed by atoms with Crippen molar-refractivity contribution < 1.29 is 27.9 Å². The second-order valence-electron chi connectivity index (χ2n) is 11.5. The fourth-order valence-electron chi connectivity index (χ4n) is 6.42. The lowest BCUT2D eigenvalue weighted by Crippen LogP contribution is -2.73. The number of anilines is 3. The topological polar surface area (TPSA) is 106 Å². The first kappa shape index (κ1) is 27.2. The molecule has 3 saturated heterocycles. The number of hydrogen-bond donors (Lipinski definition) is 2. The highest BCUT2D eigenvalue weighted by atomic mass is 19.1. The number of aliphatic hydroxyl groups excluding tert-OH is 1. The maximum Gasteiger partial charge on any atom is 0.261 e. The van der Waals surface area contributed by atoms with Crippen molar-refractivity contribution in [1.29, 1.82) is 0 Å². The third-order valence-corrected chi connectivity index (χ3v) is 8.54. The van der Waals surface area contributed by atoms with Crippen molar-refractivity contribution in [2.45, 2.75) is 18.6 Å². The smallest absolute Gasteiger partial charge is 0.261 e. The molecule has 222 valence electrons. The van der Waals surface area contributed by atoms with Gasteiger partial charge < -0.3 is 25.1 Å². The molecule has 43 heavy (non-hydrogen) atoms. The standard InChI is InChI=1S/C30H28F3N7O3/c31-18-1-6-24(33)22(9-18)25-10-19(32)12-39(25)26-7-8-40-28(36-26)23(11-34-40)29(43)35-20-2-4-21(5-3-20)37-14-30(15-37)16-38(17-30)27(42)13-41/h1-9,11,19,25,41H,10,12-17H2,(H,35,43)/t19-,25+/m0/s1. The molecule has 0 unspecified atom stereocenters. The summed E-state index contributed by atoms with van der Waals surface area (Å²) in [6.45, 7) is 2.43. The van der Waals surface area contributed by atoms with Gasteiger partial charge in [0.2, 0.25) is 5.91 Å². The first-order chi connectivity index (χ1) is 20.7. The van der Waals surface area contributed by atoms with E-state index in [0.29, 0.717) is 24.6 Å². The summed E-state index contributed by atoms with van der Waals surface area (Å²) in [6, 6.07) is 11.4. The van der Waals surface area contributed by atoms with Crippen LogP contribution in [0.3, 0.4) is 0 Å². The SMILES string of the molecule is O=C(Nc1ccc(N2CC3(CN(C(=O)CO)C3)C2)cc1)c1cnn2ccc(N3C[C@@H](F)C[C@@H]3c3cc(F)ccc3F)nc12. The summed E-state index contributed by atoms with van der Waals surface area (Å²) in [5, 5.41) is 16.1. The molecule has 3 aliphatic rings. The molecule has 1 spiro atoms. The number of halogens is 3. The summed E-state index contributed by atoms with van der Waals surface area (Å²) >= 11 is 0. The Kier molecular flexibility index (Phi) is 6.49. The van der Waals surface area contributed by atoms with E-state index in [9.17, 15) is 22.8 Å². The molecule has 2 atom stereocenters. The van der Waals surface area contributed by atoms with Crippen molar-refractivity contribution in [3.05, 3.63) is 83.7 Å². The van der Waals surface area contributed by atoms with Gasteiger partial charge in [0.25, 0.3) is 5.91 Å². The monoisotopic (exact) mass is 591 g/mol. The van der Waals surface area contributed by atoms with Gasteiger partial charge in [-0.3, -0.25) is 9.59 Å². The number of amides is 2. The maximum atomic E-state index is 14.6. The Morgan fingerprint density at radius 1 is 1.05 bits per heavy atom. The average Bonchev–Trinajstić information content (AvgIpc) is 3.56. The molecule has 10 nitrogen and oxygen atoms in total. The largest absolute Gasteiger partial charge is 0.387 e. The second-order valence-corrected chi connectivity index (χ2v) is 11.5. The molecule has 0 aliphatic carbocycles. The van der Waals surface area contributed by atoms with Crippen LogP contribution in [0.25, 0.3) is 5.65 Å². The summed E-state index contributed by atoms with van der Waals surface area (Å²) < 4.78 is 44.5. The number of nitrogens with zero attached hydrogens (tertiary/aromatic N) is 6. The number of carbonyl (C=O) groups is 2. The Bertz CT molecular complexity index is 1720. The van der Waals surface area contributed by atoms with E-state index in [1.54, 1.807) is 34.2 Å². The van der Waals surface area contributed by atoms with Gasteiger partial charge in [-0.15, -0.1) is 0 Å². The molecule has 4 aromatic rings. The molecule has 3 aliphatic heterocycles. The first-order valence-corrected chi connectivity index (χ1v) is 14.0. The molecule has 2 aromatic carbocycles. The second kappa shape index (κ2) is 10.3. The average molecular weight is 592 g/mol. The zero-order chi connectivity index (χ0) is 29.9. The lowest BCUT2D eigenvalue weighted by molar-refractivity contribution is -0.148. The van der Waals surface area contributed by atoms with Gasteiger partial charge in [-0.25, -0.2) is 22.7 Å². The zero-order valence-electron chi connectivity index (χ0n) is 23.0. The van der Waals surface area contributed by atoms with Crippen LogP contribution in [0.15, 0.2) is 60.9 Å². The van der Waals surface area contributed by atoms with E-state index in [1.807, 2.05) is 12.1 Å². The van der Waals surface area contributed by atoms with Crippen LogP contribution >= 0.6 is 0 Å². The van der Waals surface area contributed by atoms with E-state index in [-0.39, 0.29) is 41.1 Å². The van der Waals surface area contributed by atoms with E-state index < -0.39 is 36.4 Å². The number of fused-ring (bicyclic) bond motifs is 1. The Morgan fingerprint density at radius 2 is 1.81 bits per heavy atom. The van der Waals surface area contributed by atoms with Gasteiger partial charge in [-0.2, -0.15) is 5.10 Å². The lowest BCUT2D eigenvalue weighted by Gasteiger charge is -2.60. The molecule has 2 amide bonds. The van der Waals surface area contributed by atoms with Gasteiger partial charge in [0.15, 0.2) is 5.65 Å². The van der Waals surface area contributed by atoms with Crippen LogP contribution in [0.2, 0.25) is 0 Å². The number of aromatic nitrogens is 3. The predicted octanol–water partition coefficient (Wildman–Crippen LogP) is 3.19. The van der Waals surface area contributed by atoms with E-state index in [4.69, 9.17) is 5.11 Å². The minimum atomic E-state index is -1.26. The van der Waals surface area contributed by atoms with Crippen LogP contribution in [0.1, 0.15) is 28.4 Å². The highest BCUT2D eigenvalue weighted by Crippen LogP contribution is 2.42. The number of aliphatic hydroxyl groups is 1. The molecule has 2 aromatic heterocycles. The Morgan fingerprint density at radius 3 is 2.56 bits per heavy atom. The fourth-order valence-corrected chi connectivity index (χ4v) is 6.42. The quantitative estimate of drug-likeness (QED) is 0.355. The van der Waals surface area contributed by atoms with Crippen molar-refractivity contribution in [1.82, 2.24) is 19.5 Å². The van der Waals surface area contributed by atoms with Gasteiger partial charge in [-0.05, 0) is 48.5 Å². The Labute approximate surface area is 244 Å². The highest BCUT2D eigenvalue weighted by Gasteiger charge is 2.53. The van der Waals surface area contributed by atoms with E-state index >= 15 is 0 Å². The molecule has 0 radical (unpaired) electrons. The van der Waals surface area contributed by atoms with Crippen LogP contribution in [-0.4, -0.2) is 81.9 Å². The molecule has 0 saturated carbocycles. The summed E-state index contributed by atoms with van der Waals surface area (Å²) in [7, 11) is 0. The van der Waals surface area contributed by atoms with Crippen molar-refractivity contribution in [2.24, 2.45) is 5.41 Å². The number of alkyl halides is 1. The lowest BCUT2D eigenvalue weighted by atomic mass is 9.72. The van der Waals surface area contributed by atoms with Crippen LogP contribution in [0.4, 0.5) is 30.4 Å². The van der Waals surface area contributed by atoms with Gasteiger partial charge >= 0.3 is 0 Å². The highest BCUT2D eigenvalue weighted by molar-refractivity contribution is 6.08. The summed E-state index contributed by atoms with van der Waals surface area (Å²) in [5.74, 6) is -1.59. The predicted molar refractivity (Wildman–Crippen MR) is 152 cm³/mol. The van der Waals surface area contributed by atoms with Gasteiger partial charge in [0.1, 0.15) is 35.8 Å². The fraction of sp³-hybridized carbons (Fsp3) is 0.333. The molecule has 0 bridgehead atoms. The number of carbonyl (C=O) groups excluding carboxylic acids is 2. The number of rotatable bonds is 6. The summed E-state index contributed by atoms with van der Waals surface area (Å²) in [5.41, 5.74) is 2.15. The Hall–Kier alpha value is -4.65. The summed E-state index contributed by atoms with van der Waals surface area (Å²) in [6.07, 6.45) is 1.71. The molecule has 3 fully saturated rings. The van der Waals surface area contributed by atoms with Gasteiger partial charge in [-0.1, -0.05) is 0 Å². The molecule has 2 N–H and O–H groups in total. The van der Waals surface area contributed by atoms with Crippen LogP contribution < -0.4 is 15.1 Å². The maximum absolute atomic E-state index is 14.6. The van der Waals surface area contributed by atoms with Gasteiger partial charge in [0.05, 0.1) is 18.8 Å². The normalized spacial score (nSPS) is 20.8. The number of likely N-dealkylation sites (tertiary alicyclic amines) is 1. The number of hydrogen-bond acceptors (Lipinski definition) is 7.